The molecule has 112 valence electrons. The van der Waals surface area contributed by atoms with Crippen LogP contribution in [0.1, 0.15) is 12.8 Å². The Bertz CT molecular complexity index is 239. The van der Waals surface area contributed by atoms with Gasteiger partial charge in [0.25, 0.3) is 0 Å². The maximum atomic E-state index is 9.73. The van der Waals surface area contributed by atoms with E-state index in [1.165, 1.54) is 39.0 Å². The summed E-state index contributed by atoms with van der Waals surface area (Å²) in [5, 5.41) is 9.73. The number of hydrogen-bond acceptors (Lipinski definition) is 5. The van der Waals surface area contributed by atoms with Gasteiger partial charge in [0.2, 0.25) is 0 Å². The van der Waals surface area contributed by atoms with Gasteiger partial charge in [0.15, 0.2) is 0 Å². The predicted octanol–water partition coefficient (Wildman–Crippen LogP) is -0.293. The fourth-order valence-electron chi connectivity index (χ4n) is 3.03. The monoisotopic (exact) mass is 271 g/mol. The van der Waals surface area contributed by atoms with Gasteiger partial charge in [-0.15, -0.1) is 0 Å². The second-order valence-electron chi connectivity index (χ2n) is 5.80. The van der Waals surface area contributed by atoms with E-state index in [1.54, 1.807) is 7.11 Å². The molecule has 0 aliphatic carbocycles. The Morgan fingerprint density at radius 1 is 0.895 bits per heavy atom. The van der Waals surface area contributed by atoms with Crippen LogP contribution in [0.15, 0.2) is 0 Å². The number of rotatable bonds is 7. The van der Waals surface area contributed by atoms with Crippen LogP contribution in [0.2, 0.25) is 0 Å². The molecule has 0 spiro atoms. The highest BCUT2D eigenvalue weighted by molar-refractivity contribution is 4.76. The summed E-state index contributed by atoms with van der Waals surface area (Å²) in [6, 6.07) is 0. The molecule has 1 N–H and O–H groups in total. The van der Waals surface area contributed by atoms with Crippen molar-refractivity contribution in [3.8, 4) is 0 Å². The molecule has 0 aromatic carbocycles. The first kappa shape index (κ1) is 15.2. The summed E-state index contributed by atoms with van der Waals surface area (Å²) in [7, 11) is 1.64. The Labute approximate surface area is 117 Å². The third-order valence-corrected chi connectivity index (χ3v) is 4.22. The van der Waals surface area contributed by atoms with Crippen molar-refractivity contribution in [3.05, 3.63) is 0 Å². The van der Waals surface area contributed by atoms with Gasteiger partial charge in [0.05, 0.1) is 12.7 Å². The van der Waals surface area contributed by atoms with Crippen LogP contribution in [0.5, 0.6) is 0 Å². The Balaban J connectivity index is 1.56. The SMILES string of the molecule is COC[C@H](O)CN1CCN(CCN2CCCC2)CC1. The van der Waals surface area contributed by atoms with E-state index >= 15 is 0 Å². The van der Waals surface area contributed by atoms with Gasteiger partial charge in [0, 0.05) is 52.9 Å². The average Bonchev–Trinajstić information content (AvgIpc) is 2.91. The summed E-state index contributed by atoms with van der Waals surface area (Å²) in [5.74, 6) is 0. The minimum Gasteiger partial charge on any atom is -0.389 e. The molecule has 19 heavy (non-hydrogen) atoms. The lowest BCUT2D eigenvalue weighted by Gasteiger charge is -2.36. The second-order valence-corrected chi connectivity index (χ2v) is 5.80. The van der Waals surface area contributed by atoms with Gasteiger partial charge in [-0.2, -0.15) is 0 Å². The van der Waals surface area contributed by atoms with Crippen molar-refractivity contribution in [2.75, 3.05) is 72.6 Å². The zero-order chi connectivity index (χ0) is 13.5. The van der Waals surface area contributed by atoms with Gasteiger partial charge in [-0.3, -0.25) is 9.80 Å². The topological polar surface area (TPSA) is 39.2 Å². The average molecular weight is 271 g/mol. The Kier molecular flexibility index (Phi) is 6.53. The molecule has 2 fully saturated rings. The molecule has 2 aliphatic heterocycles. The highest BCUT2D eigenvalue weighted by atomic mass is 16.5. The molecule has 5 heteroatoms. The summed E-state index contributed by atoms with van der Waals surface area (Å²) in [6.07, 6.45) is 2.41. The normalized spacial score (nSPS) is 24.9. The van der Waals surface area contributed by atoms with Crippen molar-refractivity contribution in [3.63, 3.8) is 0 Å². The molecule has 0 unspecified atom stereocenters. The quantitative estimate of drug-likeness (QED) is 0.689. The van der Waals surface area contributed by atoms with Crippen LogP contribution >= 0.6 is 0 Å². The largest absolute Gasteiger partial charge is 0.389 e. The number of β-amino-alcohol motifs (C(OH)–C–C–N with tert-alkyl or cyclic N) is 1. The third-order valence-electron chi connectivity index (χ3n) is 4.22. The minimum absolute atomic E-state index is 0.346. The van der Waals surface area contributed by atoms with Gasteiger partial charge < -0.3 is 14.7 Å². The van der Waals surface area contributed by atoms with Crippen LogP contribution in [0, 0.1) is 0 Å². The number of aliphatic hydroxyl groups excluding tert-OH is 1. The van der Waals surface area contributed by atoms with E-state index in [0.29, 0.717) is 6.61 Å². The molecule has 2 aliphatic rings. The van der Waals surface area contributed by atoms with Crippen LogP contribution in [0.3, 0.4) is 0 Å². The summed E-state index contributed by atoms with van der Waals surface area (Å²) in [5.41, 5.74) is 0. The first-order valence-electron chi connectivity index (χ1n) is 7.62. The van der Waals surface area contributed by atoms with Crippen LogP contribution in [0.4, 0.5) is 0 Å². The second kappa shape index (κ2) is 8.17. The summed E-state index contributed by atoms with van der Waals surface area (Å²) < 4.78 is 4.97. The van der Waals surface area contributed by atoms with Gasteiger partial charge >= 0.3 is 0 Å². The molecule has 0 bridgehead atoms. The third kappa shape index (κ3) is 5.36. The molecule has 0 radical (unpaired) electrons. The first-order chi connectivity index (χ1) is 9.28. The Morgan fingerprint density at radius 2 is 1.42 bits per heavy atom. The first-order valence-corrected chi connectivity index (χ1v) is 7.62. The van der Waals surface area contributed by atoms with E-state index < -0.39 is 0 Å². The number of nitrogens with zero attached hydrogens (tertiary/aromatic N) is 3. The van der Waals surface area contributed by atoms with Gasteiger partial charge in [-0.25, -0.2) is 0 Å². The smallest absolute Gasteiger partial charge is 0.0900 e. The number of likely N-dealkylation sites (tertiary alicyclic amines) is 1. The molecule has 0 saturated carbocycles. The van der Waals surface area contributed by atoms with E-state index in [-0.39, 0.29) is 6.10 Å². The van der Waals surface area contributed by atoms with Crippen LogP contribution in [0.25, 0.3) is 0 Å². The number of ether oxygens (including phenoxy) is 1. The zero-order valence-corrected chi connectivity index (χ0v) is 12.3. The summed E-state index contributed by atoms with van der Waals surface area (Å²) in [6.45, 7) is 10.6. The van der Waals surface area contributed by atoms with E-state index in [1.807, 2.05) is 0 Å². The van der Waals surface area contributed by atoms with Crippen molar-refractivity contribution in [2.45, 2.75) is 18.9 Å². The van der Waals surface area contributed by atoms with E-state index in [2.05, 4.69) is 14.7 Å². The molecule has 2 saturated heterocycles. The molecule has 0 aromatic rings. The highest BCUT2D eigenvalue weighted by Crippen LogP contribution is 2.08. The van der Waals surface area contributed by atoms with Crippen LogP contribution in [-0.4, -0.2) is 98.5 Å². The Hall–Kier alpha value is -0.200. The minimum atomic E-state index is -0.346. The lowest BCUT2D eigenvalue weighted by Crippen LogP contribution is -2.50. The summed E-state index contributed by atoms with van der Waals surface area (Å²) in [4.78, 5) is 7.47. The molecule has 2 heterocycles. The van der Waals surface area contributed by atoms with Crippen molar-refractivity contribution in [1.29, 1.82) is 0 Å². The van der Waals surface area contributed by atoms with Crippen LogP contribution in [-0.2, 0) is 4.74 Å². The molecular weight excluding hydrogens is 242 g/mol. The van der Waals surface area contributed by atoms with E-state index in [9.17, 15) is 5.11 Å². The molecular formula is C14H29N3O2. The fraction of sp³-hybridized carbons (Fsp3) is 1.00. The molecule has 1 atom stereocenters. The van der Waals surface area contributed by atoms with Gasteiger partial charge in [0.1, 0.15) is 0 Å². The van der Waals surface area contributed by atoms with Crippen molar-refractivity contribution >= 4 is 0 Å². The number of piperazine rings is 1. The fourth-order valence-corrected chi connectivity index (χ4v) is 3.03. The number of methoxy groups -OCH3 is 1. The maximum absolute atomic E-state index is 9.73. The lowest BCUT2D eigenvalue weighted by atomic mass is 10.2. The molecule has 5 nitrogen and oxygen atoms in total. The standard InChI is InChI=1S/C14H29N3O2/c1-19-13-14(18)12-17-10-8-16(9-11-17)7-6-15-4-2-3-5-15/h14,18H,2-13H2,1H3/t14-/m1/s1. The number of aliphatic hydroxyl groups is 1. The molecule has 0 aromatic heterocycles. The number of hydrogen-bond donors (Lipinski definition) is 1. The van der Waals surface area contributed by atoms with Gasteiger partial charge in [-0.05, 0) is 25.9 Å². The maximum Gasteiger partial charge on any atom is 0.0900 e. The van der Waals surface area contributed by atoms with E-state index in [4.69, 9.17) is 4.74 Å². The highest BCUT2D eigenvalue weighted by Gasteiger charge is 2.20. The molecule has 2 rings (SSSR count). The summed E-state index contributed by atoms with van der Waals surface area (Å²) >= 11 is 0. The van der Waals surface area contributed by atoms with Crippen molar-refractivity contribution in [1.82, 2.24) is 14.7 Å². The van der Waals surface area contributed by atoms with Crippen LogP contribution < -0.4 is 0 Å². The van der Waals surface area contributed by atoms with E-state index in [0.717, 1.165) is 32.7 Å². The molecule has 0 amide bonds. The van der Waals surface area contributed by atoms with Gasteiger partial charge in [-0.1, -0.05) is 0 Å². The van der Waals surface area contributed by atoms with Crippen molar-refractivity contribution in [2.24, 2.45) is 0 Å². The zero-order valence-electron chi connectivity index (χ0n) is 12.3. The predicted molar refractivity (Wildman–Crippen MR) is 76.4 cm³/mol. The lowest BCUT2D eigenvalue weighted by molar-refractivity contribution is 0.0231. The Morgan fingerprint density at radius 3 is 2.00 bits per heavy atom. The van der Waals surface area contributed by atoms with Crippen molar-refractivity contribution < 1.29 is 9.84 Å².